The van der Waals surface area contributed by atoms with E-state index in [1.54, 1.807) is 0 Å². The van der Waals surface area contributed by atoms with Crippen LogP contribution in [0.4, 0.5) is 4.39 Å². The summed E-state index contributed by atoms with van der Waals surface area (Å²) in [6, 6.07) is 6.53. The van der Waals surface area contributed by atoms with Crippen LogP contribution >= 0.6 is 22.9 Å². The second kappa shape index (κ2) is 6.14. The Morgan fingerprint density at radius 3 is 2.84 bits per heavy atom. The summed E-state index contributed by atoms with van der Waals surface area (Å²) in [5.41, 5.74) is 0.354. The molecular formula is C13H11ClFNO2S. The van der Waals surface area contributed by atoms with Gasteiger partial charge in [-0.15, -0.1) is 11.3 Å². The van der Waals surface area contributed by atoms with Crippen molar-refractivity contribution in [2.45, 2.75) is 12.6 Å². The number of carboxylic acids is 1. The van der Waals surface area contributed by atoms with E-state index in [2.05, 4.69) is 5.32 Å². The third kappa shape index (κ3) is 3.53. The lowest BCUT2D eigenvalue weighted by Crippen LogP contribution is -2.28. The fourth-order valence-corrected chi connectivity index (χ4v) is 2.61. The number of rotatable bonds is 5. The molecular weight excluding hydrogens is 289 g/mol. The maximum Gasteiger partial charge on any atom is 0.325 e. The highest BCUT2D eigenvalue weighted by Crippen LogP contribution is 2.25. The smallest absolute Gasteiger partial charge is 0.325 e. The Hall–Kier alpha value is -1.43. The number of thiophene rings is 1. The molecule has 0 saturated carbocycles. The summed E-state index contributed by atoms with van der Waals surface area (Å²) in [6.07, 6.45) is 0. The average molecular weight is 300 g/mol. The van der Waals surface area contributed by atoms with Gasteiger partial charge in [0.15, 0.2) is 0 Å². The molecule has 6 heteroatoms. The highest BCUT2D eigenvalue weighted by Gasteiger charge is 2.22. The minimum absolute atomic E-state index is 0.103. The topological polar surface area (TPSA) is 49.3 Å². The van der Waals surface area contributed by atoms with Gasteiger partial charge >= 0.3 is 5.97 Å². The third-order valence-corrected chi connectivity index (χ3v) is 3.78. The van der Waals surface area contributed by atoms with E-state index < -0.39 is 17.8 Å². The number of nitrogens with one attached hydrogen (secondary N) is 1. The largest absolute Gasteiger partial charge is 0.480 e. The maximum absolute atomic E-state index is 13.0. The Kier molecular flexibility index (Phi) is 4.52. The second-order valence-electron chi connectivity index (χ2n) is 3.90. The molecule has 0 aliphatic rings. The van der Waals surface area contributed by atoms with E-state index in [-0.39, 0.29) is 5.02 Å². The van der Waals surface area contributed by atoms with Crippen LogP contribution in [-0.4, -0.2) is 11.1 Å². The van der Waals surface area contributed by atoms with Gasteiger partial charge in [-0.1, -0.05) is 23.7 Å². The molecule has 1 unspecified atom stereocenters. The molecule has 19 heavy (non-hydrogen) atoms. The van der Waals surface area contributed by atoms with E-state index in [4.69, 9.17) is 11.6 Å². The zero-order chi connectivity index (χ0) is 13.8. The molecule has 0 fully saturated rings. The monoisotopic (exact) mass is 299 g/mol. The SMILES string of the molecule is O=C(O)C(NCc1cccs1)c1ccc(F)cc1Cl. The number of carbonyl (C=O) groups is 1. The minimum atomic E-state index is -1.05. The van der Waals surface area contributed by atoms with Crippen LogP contribution in [-0.2, 0) is 11.3 Å². The molecule has 0 saturated heterocycles. The predicted octanol–water partition coefficient (Wildman–Crippen LogP) is 3.46. The van der Waals surface area contributed by atoms with Gasteiger partial charge in [0.05, 0.1) is 0 Å². The molecule has 100 valence electrons. The second-order valence-corrected chi connectivity index (χ2v) is 5.34. The van der Waals surface area contributed by atoms with Gasteiger partial charge in [-0.2, -0.15) is 0 Å². The van der Waals surface area contributed by atoms with Crippen molar-refractivity contribution >= 4 is 28.9 Å². The van der Waals surface area contributed by atoms with Crippen molar-refractivity contribution in [2.75, 3.05) is 0 Å². The minimum Gasteiger partial charge on any atom is -0.480 e. The lowest BCUT2D eigenvalue weighted by molar-refractivity contribution is -0.139. The Balaban J connectivity index is 2.17. The van der Waals surface area contributed by atoms with Gasteiger partial charge in [0.2, 0.25) is 0 Å². The Morgan fingerprint density at radius 1 is 1.47 bits per heavy atom. The van der Waals surface area contributed by atoms with Crippen molar-refractivity contribution in [3.8, 4) is 0 Å². The molecule has 1 atom stereocenters. The normalized spacial score (nSPS) is 12.3. The lowest BCUT2D eigenvalue weighted by Gasteiger charge is -2.15. The molecule has 0 aliphatic heterocycles. The van der Waals surface area contributed by atoms with Gasteiger partial charge in [0.1, 0.15) is 11.9 Å². The molecule has 2 N–H and O–H groups in total. The van der Waals surface area contributed by atoms with Gasteiger partial charge in [-0.25, -0.2) is 4.39 Å². The number of hydrogen-bond donors (Lipinski definition) is 2. The summed E-state index contributed by atoms with van der Waals surface area (Å²) in [7, 11) is 0. The molecule has 3 nitrogen and oxygen atoms in total. The van der Waals surface area contributed by atoms with E-state index in [9.17, 15) is 14.3 Å². The van der Waals surface area contributed by atoms with Crippen LogP contribution < -0.4 is 5.32 Å². The van der Waals surface area contributed by atoms with Crippen LogP contribution in [0.2, 0.25) is 5.02 Å². The van der Waals surface area contributed by atoms with E-state index >= 15 is 0 Å². The predicted molar refractivity (Wildman–Crippen MR) is 72.9 cm³/mol. The first-order valence-electron chi connectivity index (χ1n) is 5.51. The number of aliphatic carboxylic acids is 1. The van der Waals surface area contributed by atoms with Crippen molar-refractivity contribution in [3.05, 3.63) is 57.0 Å². The molecule has 0 aliphatic carbocycles. The van der Waals surface area contributed by atoms with Crippen LogP contribution in [0.5, 0.6) is 0 Å². The fraction of sp³-hybridized carbons (Fsp3) is 0.154. The number of hydrogen-bond acceptors (Lipinski definition) is 3. The van der Waals surface area contributed by atoms with Crippen molar-refractivity contribution in [1.29, 1.82) is 0 Å². The van der Waals surface area contributed by atoms with Crippen molar-refractivity contribution < 1.29 is 14.3 Å². The van der Waals surface area contributed by atoms with Crippen LogP contribution in [0.1, 0.15) is 16.5 Å². The number of benzene rings is 1. The molecule has 2 aromatic rings. The maximum atomic E-state index is 13.0. The highest BCUT2D eigenvalue weighted by molar-refractivity contribution is 7.09. The molecule has 2 rings (SSSR count). The Morgan fingerprint density at radius 2 is 2.26 bits per heavy atom. The fourth-order valence-electron chi connectivity index (χ4n) is 1.68. The van der Waals surface area contributed by atoms with E-state index in [1.807, 2.05) is 17.5 Å². The van der Waals surface area contributed by atoms with Gasteiger partial charge in [-0.05, 0) is 29.1 Å². The van der Waals surface area contributed by atoms with Gasteiger partial charge in [-0.3, -0.25) is 10.1 Å². The van der Waals surface area contributed by atoms with Gasteiger partial charge in [0.25, 0.3) is 0 Å². The summed E-state index contributed by atoms with van der Waals surface area (Å²) in [4.78, 5) is 12.3. The highest BCUT2D eigenvalue weighted by atomic mass is 35.5. The Bertz CT molecular complexity index is 574. The van der Waals surface area contributed by atoms with Gasteiger partial charge < -0.3 is 5.11 Å². The summed E-state index contributed by atoms with van der Waals surface area (Å²) in [5, 5.41) is 14.2. The molecule has 0 spiro atoms. The number of carboxylic acid groups (broad SMARTS) is 1. The van der Waals surface area contributed by atoms with E-state index in [0.29, 0.717) is 12.1 Å². The first-order chi connectivity index (χ1) is 9.08. The van der Waals surface area contributed by atoms with E-state index in [0.717, 1.165) is 10.9 Å². The van der Waals surface area contributed by atoms with Gasteiger partial charge in [0, 0.05) is 16.4 Å². The Labute approximate surface area is 118 Å². The lowest BCUT2D eigenvalue weighted by atomic mass is 10.1. The number of halogens is 2. The summed E-state index contributed by atoms with van der Waals surface area (Å²) >= 11 is 7.42. The van der Waals surface area contributed by atoms with E-state index in [1.165, 1.54) is 23.5 Å². The third-order valence-electron chi connectivity index (χ3n) is 2.58. The summed E-state index contributed by atoms with van der Waals surface area (Å²) in [6.45, 7) is 0.419. The zero-order valence-electron chi connectivity index (χ0n) is 9.77. The van der Waals surface area contributed by atoms with Crippen molar-refractivity contribution in [2.24, 2.45) is 0 Å². The molecule has 0 bridgehead atoms. The standard InChI is InChI=1S/C13H11ClFNO2S/c14-11-6-8(15)3-4-10(11)12(13(17)18)16-7-9-2-1-5-19-9/h1-6,12,16H,7H2,(H,17,18). The van der Waals surface area contributed by atoms with Crippen LogP contribution in [0.15, 0.2) is 35.7 Å². The molecule has 1 heterocycles. The van der Waals surface area contributed by atoms with Crippen LogP contribution in [0.25, 0.3) is 0 Å². The molecule has 0 amide bonds. The van der Waals surface area contributed by atoms with Crippen LogP contribution in [0, 0.1) is 5.82 Å². The zero-order valence-corrected chi connectivity index (χ0v) is 11.3. The average Bonchev–Trinajstić information content (AvgIpc) is 2.84. The first kappa shape index (κ1) is 14.0. The summed E-state index contributed by atoms with van der Waals surface area (Å²) in [5.74, 6) is -1.54. The van der Waals surface area contributed by atoms with Crippen molar-refractivity contribution in [1.82, 2.24) is 5.32 Å². The quantitative estimate of drug-likeness (QED) is 0.889. The van der Waals surface area contributed by atoms with Crippen LogP contribution in [0.3, 0.4) is 0 Å². The van der Waals surface area contributed by atoms with Crippen molar-refractivity contribution in [3.63, 3.8) is 0 Å². The molecule has 0 radical (unpaired) electrons. The molecule has 1 aromatic heterocycles. The molecule has 1 aromatic carbocycles. The first-order valence-corrected chi connectivity index (χ1v) is 6.77. The summed E-state index contributed by atoms with van der Waals surface area (Å²) < 4.78 is 13.0.